The molecule has 0 unspecified atom stereocenters. The summed E-state index contributed by atoms with van der Waals surface area (Å²) in [6.45, 7) is 3.91. The molecule has 0 aliphatic rings. The molecule has 2 rings (SSSR count). The van der Waals surface area contributed by atoms with Crippen molar-refractivity contribution in [1.82, 2.24) is 4.90 Å². The Kier molecular flexibility index (Phi) is 6.17. The zero-order valence-corrected chi connectivity index (χ0v) is 14.7. The third-order valence-electron chi connectivity index (χ3n) is 3.88. The number of carbonyl (C=O) groups excluding carboxylic acids is 1. The average molecular weight is 343 g/mol. The lowest BCUT2D eigenvalue weighted by Crippen LogP contribution is -2.26. The molecule has 0 atom stereocenters. The maximum Gasteiger partial charge on any atom is 0.254 e. The molecule has 5 heteroatoms. The minimum atomic E-state index is -0.332. The Morgan fingerprint density at radius 2 is 1.92 bits per heavy atom. The number of hydrogen-bond acceptors (Lipinski definition) is 3. The molecule has 2 aromatic carbocycles. The molecule has 0 aliphatic heterocycles. The van der Waals surface area contributed by atoms with E-state index in [2.05, 4.69) is 6.58 Å². The minimum Gasteiger partial charge on any atom is -0.493 e. The monoisotopic (exact) mass is 343 g/mol. The fraction of sp³-hybridized carbons (Fsp3) is 0.250. The predicted octanol–water partition coefficient (Wildman–Crippen LogP) is 3.84. The van der Waals surface area contributed by atoms with Gasteiger partial charge in [0.05, 0.1) is 14.2 Å². The van der Waals surface area contributed by atoms with Gasteiger partial charge >= 0.3 is 0 Å². The summed E-state index contributed by atoms with van der Waals surface area (Å²) in [6.07, 6.45) is 2.27. The molecule has 132 valence electrons. The highest BCUT2D eigenvalue weighted by Gasteiger charge is 2.19. The number of amides is 1. The van der Waals surface area contributed by atoms with Crippen LogP contribution >= 0.6 is 0 Å². The molecule has 1 amide bonds. The van der Waals surface area contributed by atoms with Crippen molar-refractivity contribution in [3.8, 4) is 11.5 Å². The molecular formula is C20H22FNO3. The van der Waals surface area contributed by atoms with Crippen molar-refractivity contribution in [2.75, 3.05) is 21.3 Å². The molecule has 0 aliphatic carbocycles. The molecule has 0 spiro atoms. The number of ether oxygens (including phenoxy) is 2. The molecule has 0 saturated heterocycles. The van der Waals surface area contributed by atoms with Crippen LogP contribution in [0.1, 0.15) is 21.5 Å². The second-order valence-electron chi connectivity index (χ2n) is 5.62. The largest absolute Gasteiger partial charge is 0.493 e. The normalized spacial score (nSPS) is 10.2. The topological polar surface area (TPSA) is 38.8 Å². The lowest BCUT2D eigenvalue weighted by molar-refractivity contribution is 0.0783. The summed E-state index contributed by atoms with van der Waals surface area (Å²) in [5.74, 6) is 0.497. The maximum atomic E-state index is 13.8. The highest BCUT2D eigenvalue weighted by molar-refractivity contribution is 5.95. The lowest BCUT2D eigenvalue weighted by atomic mass is 10.0. The Hall–Kier alpha value is -2.82. The number of rotatable bonds is 7. The number of allylic oxidation sites excluding steroid dienone is 1. The van der Waals surface area contributed by atoms with Gasteiger partial charge in [-0.05, 0) is 24.6 Å². The van der Waals surface area contributed by atoms with E-state index < -0.39 is 0 Å². The predicted molar refractivity (Wildman–Crippen MR) is 95.6 cm³/mol. The fourth-order valence-corrected chi connectivity index (χ4v) is 2.65. The molecule has 0 bridgehead atoms. The zero-order chi connectivity index (χ0) is 18.4. The third-order valence-corrected chi connectivity index (χ3v) is 3.88. The smallest absolute Gasteiger partial charge is 0.254 e. The maximum absolute atomic E-state index is 13.8. The second-order valence-corrected chi connectivity index (χ2v) is 5.62. The molecule has 0 saturated carbocycles. The van der Waals surface area contributed by atoms with Crippen molar-refractivity contribution in [1.29, 1.82) is 0 Å². The van der Waals surface area contributed by atoms with E-state index in [4.69, 9.17) is 9.47 Å². The van der Waals surface area contributed by atoms with E-state index in [1.807, 2.05) is 0 Å². The van der Waals surface area contributed by atoms with E-state index in [0.29, 0.717) is 29.0 Å². The lowest BCUT2D eigenvalue weighted by Gasteiger charge is -2.20. The van der Waals surface area contributed by atoms with E-state index in [1.54, 1.807) is 50.6 Å². The Morgan fingerprint density at radius 1 is 1.20 bits per heavy atom. The van der Waals surface area contributed by atoms with Crippen LogP contribution in [0, 0.1) is 5.82 Å². The summed E-state index contributed by atoms with van der Waals surface area (Å²) in [7, 11) is 4.71. The Balaban J connectivity index is 2.33. The number of benzene rings is 2. The summed E-state index contributed by atoms with van der Waals surface area (Å²) >= 11 is 0. The summed E-state index contributed by atoms with van der Waals surface area (Å²) in [5, 5.41) is 0. The number of halogens is 1. The molecule has 2 aromatic rings. The van der Waals surface area contributed by atoms with E-state index in [1.165, 1.54) is 18.1 Å². The van der Waals surface area contributed by atoms with Crippen molar-refractivity contribution in [3.05, 3.63) is 71.6 Å². The van der Waals surface area contributed by atoms with E-state index in [9.17, 15) is 9.18 Å². The van der Waals surface area contributed by atoms with Crippen LogP contribution in [0.2, 0.25) is 0 Å². The van der Waals surface area contributed by atoms with Crippen molar-refractivity contribution in [3.63, 3.8) is 0 Å². The van der Waals surface area contributed by atoms with Gasteiger partial charge in [0, 0.05) is 30.3 Å². The average Bonchev–Trinajstić information content (AvgIpc) is 2.62. The first-order chi connectivity index (χ1) is 12.0. The Morgan fingerprint density at radius 3 is 2.52 bits per heavy atom. The van der Waals surface area contributed by atoms with Crippen LogP contribution in [-0.2, 0) is 13.0 Å². The van der Waals surface area contributed by atoms with Crippen molar-refractivity contribution in [2.24, 2.45) is 0 Å². The molecule has 0 radical (unpaired) electrons. The van der Waals surface area contributed by atoms with E-state index in [0.717, 1.165) is 5.56 Å². The fourth-order valence-electron chi connectivity index (χ4n) is 2.65. The third kappa shape index (κ3) is 4.18. The standard InChI is InChI=1S/C20H22FNO3/c1-5-8-14-11-16(12-18(24-3)19(14)25-4)20(23)22(2)13-15-9-6-7-10-17(15)21/h5-7,9-12H,1,8,13H2,2-4H3. The molecular weight excluding hydrogens is 321 g/mol. The van der Waals surface area contributed by atoms with Crippen LogP contribution in [0.25, 0.3) is 0 Å². The number of carbonyl (C=O) groups is 1. The van der Waals surface area contributed by atoms with Crippen LogP contribution < -0.4 is 9.47 Å². The number of nitrogens with zero attached hydrogens (tertiary/aromatic N) is 1. The van der Waals surface area contributed by atoms with Gasteiger partial charge in [-0.1, -0.05) is 24.3 Å². The van der Waals surface area contributed by atoms with Crippen LogP contribution in [0.3, 0.4) is 0 Å². The summed E-state index contributed by atoms with van der Waals surface area (Å²) < 4.78 is 24.5. The summed E-state index contributed by atoms with van der Waals surface area (Å²) in [4.78, 5) is 14.2. The molecule has 0 fully saturated rings. The van der Waals surface area contributed by atoms with Gasteiger partial charge < -0.3 is 14.4 Å². The van der Waals surface area contributed by atoms with E-state index >= 15 is 0 Å². The van der Waals surface area contributed by atoms with Gasteiger partial charge in [-0.2, -0.15) is 0 Å². The summed E-state index contributed by atoms with van der Waals surface area (Å²) in [5.41, 5.74) is 1.72. The van der Waals surface area contributed by atoms with Crippen LogP contribution in [0.5, 0.6) is 11.5 Å². The van der Waals surface area contributed by atoms with Crippen LogP contribution in [0.15, 0.2) is 49.1 Å². The highest BCUT2D eigenvalue weighted by atomic mass is 19.1. The van der Waals surface area contributed by atoms with Gasteiger partial charge in [0.1, 0.15) is 5.82 Å². The Bertz CT molecular complexity index is 774. The number of hydrogen-bond donors (Lipinski definition) is 0. The first-order valence-corrected chi connectivity index (χ1v) is 7.86. The second kappa shape index (κ2) is 8.33. The van der Waals surface area contributed by atoms with Gasteiger partial charge in [-0.25, -0.2) is 4.39 Å². The van der Waals surface area contributed by atoms with Gasteiger partial charge in [-0.15, -0.1) is 6.58 Å². The molecule has 0 aromatic heterocycles. The van der Waals surface area contributed by atoms with Crippen molar-refractivity contribution >= 4 is 5.91 Å². The Labute approximate surface area is 147 Å². The van der Waals surface area contributed by atoms with Gasteiger partial charge in [0.25, 0.3) is 5.91 Å². The van der Waals surface area contributed by atoms with Crippen LogP contribution in [-0.4, -0.2) is 32.1 Å². The van der Waals surface area contributed by atoms with Crippen molar-refractivity contribution in [2.45, 2.75) is 13.0 Å². The number of methoxy groups -OCH3 is 2. The summed E-state index contributed by atoms with van der Waals surface area (Å²) in [6, 6.07) is 9.80. The quantitative estimate of drug-likeness (QED) is 0.717. The minimum absolute atomic E-state index is 0.177. The molecule has 25 heavy (non-hydrogen) atoms. The van der Waals surface area contributed by atoms with Crippen molar-refractivity contribution < 1.29 is 18.7 Å². The first-order valence-electron chi connectivity index (χ1n) is 7.86. The first kappa shape index (κ1) is 18.5. The highest BCUT2D eigenvalue weighted by Crippen LogP contribution is 2.33. The SMILES string of the molecule is C=CCc1cc(C(=O)N(C)Cc2ccccc2F)cc(OC)c1OC. The molecule has 0 N–H and O–H groups in total. The zero-order valence-electron chi connectivity index (χ0n) is 14.7. The van der Waals surface area contributed by atoms with Crippen LogP contribution in [0.4, 0.5) is 4.39 Å². The molecule has 0 heterocycles. The molecule has 4 nitrogen and oxygen atoms in total. The van der Waals surface area contributed by atoms with E-state index in [-0.39, 0.29) is 18.3 Å². The van der Waals surface area contributed by atoms with Gasteiger partial charge in [-0.3, -0.25) is 4.79 Å². The van der Waals surface area contributed by atoms with Gasteiger partial charge in [0.2, 0.25) is 0 Å². The van der Waals surface area contributed by atoms with Gasteiger partial charge in [0.15, 0.2) is 11.5 Å².